The van der Waals surface area contributed by atoms with Gasteiger partial charge in [0.2, 0.25) is 0 Å². The minimum Gasteiger partial charge on any atom is -0.399 e. The summed E-state index contributed by atoms with van der Waals surface area (Å²) in [6.07, 6.45) is 2.08. The van der Waals surface area contributed by atoms with E-state index in [-0.39, 0.29) is 24.4 Å². The Morgan fingerprint density at radius 3 is 2.68 bits per heavy atom. The summed E-state index contributed by atoms with van der Waals surface area (Å²) in [4.78, 5) is 14.7. The van der Waals surface area contributed by atoms with E-state index in [0.717, 1.165) is 19.4 Å². The van der Waals surface area contributed by atoms with E-state index in [1.54, 1.807) is 12.1 Å². The van der Waals surface area contributed by atoms with Crippen LogP contribution < -0.4 is 5.73 Å². The molecule has 22 heavy (non-hydrogen) atoms. The molecule has 1 unspecified atom stereocenters. The molecule has 3 rings (SSSR count). The smallest absolute Gasteiger partial charge is 0.254 e. The Bertz CT molecular complexity index is 672. The van der Waals surface area contributed by atoms with Gasteiger partial charge in [0.05, 0.1) is 6.04 Å². The van der Waals surface area contributed by atoms with E-state index in [4.69, 9.17) is 5.73 Å². The number of nitrogen functional groups attached to an aromatic ring is 1. The van der Waals surface area contributed by atoms with Crippen molar-refractivity contribution in [2.75, 3.05) is 12.3 Å². The van der Waals surface area contributed by atoms with Crippen LogP contribution in [0.3, 0.4) is 0 Å². The van der Waals surface area contributed by atoms with Crippen LogP contribution in [0.25, 0.3) is 0 Å². The molecule has 1 atom stereocenters. The monoisotopic (exact) mass is 316 g/mol. The van der Waals surface area contributed by atoms with Gasteiger partial charge in [-0.15, -0.1) is 12.4 Å². The van der Waals surface area contributed by atoms with Crippen molar-refractivity contribution in [2.24, 2.45) is 0 Å². The molecule has 1 fully saturated rings. The van der Waals surface area contributed by atoms with Gasteiger partial charge in [0.25, 0.3) is 5.91 Å². The molecule has 4 heteroatoms. The van der Waals surface area contributed by atoms with Crippen LogP contribution in [-0.4, -0.2) is 17.4 Å². The minimum atomic E-state index is 0. The van der Waals surface area contributed by atoms with Gasteiger partial charge in [-0.3, -0.25) is 4.79 Å². The van der Waals surface area contributed by atoms with Crippen LogP contribution in [0.1, 0.15) is 40.4 Å². The Kier molecular flexibility index (Phi) is 5.09. The number of hydrogen-bond donors (Lipinski definition) is 1. The van der Waals surface area contributed by atoms with Crippen LogP contribution in [0.15, 0.2) is 48.5 Å². The standard InChI is InChI=1S/C18H20N2O.ClH/c1-13-6-2-3-9-16(13)17-10-5-11-20(17)18(21)14-7-4-8-15(19)12-14;/h2-4,6-9,12,17H,5,10-11,19H2,1H3;1H. The summed E-state index contributed by atoms with van der Waals surface area (Å²) in [5.41, 5.74) is 9.60. The zero-order chi connectivity index (χ0) is 14.8. The van der Waals surface area contributed by atoms with Crippen LogP contribution in [0.5, 0.6) is 0 Å². The SMILES string of the molecule is Cc1ccccc1C1CCCN1C(=O)c1cccc(N)c1.Cl. The molecule has 0 aromatic heterocycles. The number of carbonyl (C=O) groups is 1. The third-order valence-electron chi connectivity index (χ3n) is 4.19. The normalized spacial score (nSPS) is 17.1. The molecule has 1 amide bonds. The number of carbonyl (C=O) groups excluding carboxylic acids is 1. The minimum absolute atomic E-state index is 0. The quantitative estimate of drug-likeness (QED) is 0.852. The average Bonchev–Trinajstić information content (AvgIpc) is 2.96. The van der Waals surface area contributed by atoms with Crippen LogP contribution in [0.4, 0.5) is 5.69 Å². The molecule has 1 heterocycles. The highest BCUT2D eigenvalue weighted by atomic mass is 35.5. The van der Waals surface area contributed by atoms with Crippen LogP contribution in [0.2, 0.25) is 0 Å². The lowest BCUT2D eigenvalue weighted by Crippen LogP contribution is -2.30. The molecule has 0 radical (unpaired) electrons. The second-order valence-corrected chi connectivity index (χ2v) is 5.64. The summed E-state index contributed by atoms with van der Waals surface area (Å²) in [5.74, 6) is 0.0769. The number of aryl methyl sites for hydroxylation is 1. The first-order valence-electron chi connectivity index (χ1n) is 7.39. The molecule has 0 aliphatic carbocycles. The van der Waals surface area contributed by atoms with Gasteiger partial charge in [-0.25, -0.2) is 0 Å². The number of hydrogen-bond acceptors (Lipinski definition) is 2. The van der Waals surface area contributed by atoms with Gasteiger partial charge < -0.3 is 10.6 Å². The molecule has 1 aliphatic heterocycles. The molecule has 0 bridgehead atoms. The van der Waals surface area contributed by atoms with Crippen molar-refractivity contribution < 1.29 is 4.79 Å². The van der Waals surface area contributed by atoms with E-state index in [2.05, 4.69) is 19.1 Å². The molecular weight excluding hydrogens is 296 g/mol. The summed E-state index contributed by atoms with van der Waals surface area (Å²) in [6, 6.07) is 15.7. The first-order valence-corrected chi connectivity index (χ1v) is 7.39. The fourth-order valence-corrected chi connectivity index (χ4v) is 3.13. The lowest BCUT2D eigenvalue weighted by atomic mass is 9.99. The molecule has 2 aromatic rings. The third-order valence-corrected chi connectivity index (χ3v) is 4.19. The molecule has 3 nitrogen and oxygen atoms in total. The largest absolute Gasteiger partial charge is 0.399 e. The Balaban J connectivity index is 0.00000176. The van der Waals surface area contributed by atoms with Gasteiger partial charge in [0.15, 0.2) is 0 Å². The van der Waals surface area contributed by atoms with Gasteiger partial charge in [-0.05, 0) is 49.1 Å². The summed E-state index contributed by atoms with van der Waals surface area (Å²) in [6.45, 7) is 2.92. The Morgan fingerprint density at radius 2 is 1.95 bits per heavy atom. The third kappa shape index (κ3) is 3.09. The fourth-order valence-electron chi connectivity index (χ4n) is 3.13. The first kappa shape index (κ1) is 16.4. The number of nitrogens with two attached hydrogens (primary N) is 1. The Hall–Kier alpha value is -2.00. The second kappa shape index (κ2) is 6.84. The number of halogens is 1. The maximum absolute atomic E-state index is 12.8. The van der Waals surface area contributed by atoms with E-state index in [9.17, 15) is 4.79 Å². The van der Waals surface area contributed by atoms with Crippen molar-refractivity contribution in [2.45, 2.75) is 25.8 Å². The number of likely N-dealkylation sites (tertiary alicyclic amines) is 1. The van der Waals surface area contributed by atoms with E-state index in [1.807, 2.05) is 29.2 Å². The number of nitrogens with zero attached hydrogens (tertiary/aromatic N) is 1. The lowest BCUT2D eigenvalue weighted by Gasteiger charge is -2.26. The highest BCUT2D eigenvalue weighted by molar-refractivity contribution is 5.95. The molecule has 116 valence electrons. The van der Waals surface area contributed by atoms with E-state index < -0.39 is 0 Å². The predicted molar refractivity (Wildman–Crippen MR) is 92.3 cm³/mol. The summed E-state index contributed by atoms with van der Waals surface area (Å²) in [7, 11) is 0. The first-order chi connectivity index (χ1) is 10.2. The Labute approximate surface area is 137 Å². The van der Waals surface area contributed by atoms with Crippen molar-refractivity contribution in [3.63, 3.8) is 0 Å². The van der Waals surface area contributed by atoms with E-state index in [1.165, 1.54) is 11.1 Å². The molecule has 2 N–H and O–H groups in total. The lowest BCUT2D eigenvalue weighted by molar-refractivity contribution is 0.0735. The number of amides is 1. The number of anilines is 1. The molecule has 2 aromatic carbocycles. The summed E-state index contributed by atoms with van der Waals surface area (Å²) in [5, 5.41) is 0. The van der Waals surface area contributed by atoms with Crippen molar-refractivity contribution in [1.82, 2.24) is 4.90 Å². The van der Waals surface area contributed by atoms with Crippen LogP contribution in [0, 0.1) is 6.92 Å². The molecular formula is C18H21ClN2O. The van der Waals surface area contributed by atoms with E-state index >= 15 is 0 Å². The highest BCUT2D eigenvalue weighted by Crippen LogP contribution is 2.34. The summed E-state index contributed by atoms with van der Waals surface area (Å²) < 4.78 is 0. The van der Waals surface area contributed by atoms with Gasteiger partial charge in [-0.1, -0.05) is 30.3 Å². The average molecular weight is 317 g/mol. The van der Waals surface area contributed by atoms with Crippen LogP contribution >= 0.6 is 12.4 Å². The fraction of sp³-hybridized carbons (Fsp3) is 0.278. The number of rotatable bonds is 2. The molecule has 0 saturated carbocycles. The molecule has 1 saturated heterocycles. The highest BCUT2D eigenvalue weighted by Gasteiger charge is 2.31. The zero-order valence-electron chi connectivity index (χ0n) is 12.7. The molecule has 1 aliphatic rings. The van der Waals surface area contributed by atoms with Crippen molar-refractivity contribution in [3.05, 3.63) is 65.2 Å². The second-order valence-electron chi connectivity index (χ2n) is 5.64. The predicted octanol–water partition coefficient (Wildman–Crippen LogP) is 3.98. The van der Waals surface area contributed by atoms with Crippen molar-refractivity contribution in [1.29, 1.82) is 0 Å². The van der Waals surface area contributed by atoms with Gasteiger partial charge in [0, 0.05) is 17.8 Å². The van der Waals surface area contributed by atoms with Crippen molar-refractivity contribution in [3.8, 4) is 0 Å². The van der Waals surface area contributed by atoms with Gasteiger partial charge in [-0.2, -0.15) is 0 Å². The van der Waals surface area contributed by atoms with Gasteiger partial charge in [0.1, 0.15) is 0 Å². The maximum atomic E-state index is 12.8. The maximum Gasteiger partial charge on any atom is 0.254 e. The van der Waals surface area contributed by atoms with E-state index in [0.29, 0.717) is 11.3 Å². The van der Waals surface area contributed by atoms with Gasteiger partial charge >= 0.3 is 0 Å². The molecule has 0 spiro atoms. The topological polar surface area (TPSA) is 46.3 Å². The number of benzene rings is 2. The van der Waals surface area contributed by atoms with Crippen LogP contribution in [-0.2, 0) is 0 Å². The summed E-state index contributed by atoms with van der Waals surface area (Å²) >= 11 is 0. The van der Waals surface area contributed by atoms with Crippen molar-refractivity contribution >= 4 is 24.0 Å². The zero-order valence-corrected chi connectivity index (χ0v) is 13.5. The Morgan fingerprint density at radius 1 is 1.18 bits per heavy atom.